The third-order valence-corrected chi connectivity index (χ3v) is 5.48. The summed E-state index contributed by atoms with van der Waals surface area (Å²) in [6.07, 6.45) is 6.61. The number of phenols is 1. The van der Waals surface area contributed by atoms with Crippen LogP contribution in [0.5, 0.6) is 5.75 Å². The number of nitrogens with zero attached hydrogens (tertiary/aromatic N) is 1. The van der Waals surface area contributed by atoms with Crippen LogP contribution >= 0.6 is 0 Å². The molecule has 146 valence electrons. The van der Waals surface area contributed by atoms with Gasteiger partial charge in [0.1, 0.15) is 5.75 Å². The maximum absolute atomic E-state index is 11.1. The monoisotopic (exact) mass is 381 g/mol. The van der Waals surface area contributed by atoms with E-state index in [0.717, 1.165) is 40.4 Å². The summed E-state index contributed by atoms with van der Waals surface area (Å²) < 4.78 is 0. The van der Waals surface area contributed by atoms with E-state index < -0.39 is 0 Å². The molecule has 0 saturated carbocycles. The first-order chi connectivity index (χ1) is 14.3. The number of hydrogen-bond donors (Lipinski definition) is 1. The molecule has 0 saturated heterocycles. The minimum Gasteiger partial charge on any atom is -0.507 e. The molecule has 0 heterocycles. The number of unbranched alkanes of at least 4 members (excludes halogenated alkanes) is 3. The number of rotatable bonds is 7. The molecule has 2 nitrogen and oxygen atoms in total. The Balaban J connectivity index is 1.79. The predicted octanol–water partition coefficient (Wildman–Crippen LogP) is 7.36. The Morgan fingerprint density at radius 1 is 0.793 bits per heavy atom. The lowest BCUT2D eigenvalue weighted by Crippen LogP contribution is -1.91. The van der Waals surface area contributed by atoms with E-state index in [0.29, 0.717) is 5.75 Å². The lowest BCUT2D eigenvalue weighted by atomic mass is 9.91. The van der Waals surface area contributed by atoms with Gasteiger partial charge in [-0.05, 0) is 40.1 Å². The van der Waals surface area contributed by atoms with E-state index in [1.807, 2.05) is 24.4 Å². The maximum atomic E-state index is 11.1. The van der Waals surface area contributed by atoms with Crippen LogP contribution in [0.4, 0.5) is 0 Å². The summed E-state index contributed by atoms with van der Waals surface area (Å²) in [5.74, 6) is 0.298. The first kappa shape index (κ1) is 19.2. The van der Waals surface area contributed by atoms with Gasteiger partial charge in [0.25, 0.3) is 0 Å². The second-order valence-corrected chi connectivity index (χ2v) is 7.53. The maximum Gasteiger partial charge on any atom is 0.132 e. The molecule has 0 atom stereocenters. The van der Waals surface area contributed by atoms with Crippen molar-refractivity contribution < 1.29 is 5.11 Å². The van der Waals surface area contributed by atoms with Crippen LogP contribution in [-0.2, 0) is 0 Å². The topological polar surface area (TPSA) is 32.6 Å². The molecular formula is C27H27NO. The minimum absolute atomic E-state index is 0.298. The highest BCUT2D eigenvalue weighted by atomic mass is 16.3. The zero-order chi connectivity index (χ0) is 20.1. The molecule has 4 rings (SSSR count). The van der Waals surface area contributed by atoms with Gasteiger partial charge in [0.2, 0.25) is 0 Å². The van der Waals surface area contributed by atoms with Gasteiger partial charge in [0.15, 0.2) is 0 Å². The van der Waals surface area contributed by atoms with E-state index >= 15 is 0 Å². The lowest BCUT2D eigenvalue weighted by molar-refractivity contribution is 0.476. The van der Waals surface area contributed by atoms with Crippen molar-refractivity contribution in [3.05, 3.63) is 78.4 Å². The van der Waals surface area contributed by atoms with Crippen LogP contribution in [0, 0.1) is 0 Å². The normalized spacial score (nSPS) is 11.6. The second kappa shape index (κ2) is 8.91. The number of benzene rings is 4. The fourth-order valence-electron chi connectivity index (χ4n) is 3.96. The van der Waals surface area contributed by atoms with Crippen LogP contribution in [0.15, 0.2) is 77.8 Å². The van der Waals surface area contributed by atoms with Crippen molar-refractivity contribution in [1.29, 1.82) is 0 Å². The molecule has 4 aromatic rings. The van der Waals surface area contributed by atoms with Crippen LogP contribution in [0.25, 0.3) is 32.7 Å². The molecule has 0 unspecified atom stereocenters. The van der Waals surface area contributed by atoms with Crippen molar-refractivity contribution >= 4 is 27.8 Å². The highest BCUT2D eigenvalue weighted by Gasteiger charge is 2.14. The number of aromatic hydroxyl groups is 1. The largest absolute Gasteiger partial charge is 0.507 e. The van der Waals surface area contributed by atoms with Crippen molar-refractivity contribution in [1.82, 2.24) is 0 Å². The number of fused-ring (bicyclic) bond motifs is 2. The standard InChI is InChI=1S/C27H27NO/c1-2-3-4-9-17-28-19-22-13-10-16-25(27(22)29)26-23-14-7-5-11-20(23)18-21-12-6-8-15-24(21)26/h5-8,10-16,18-19,29H,2-4,9,17H2,1H3. The van der Waals surface area contributed by atoms with Gasteiger partial charge in [-0.25, -0.2) is 0 Å². The molecule has 0 spiro atoms. The van der Waals surface area contributed by atoms with Gasteiger partial charge in [0.05, 0.1) is 0 Å². The van der Waals surface area contributed by atoms with Crippen LogP contribution in [0.1, 0.15) is 38.2 Å². The second-order valence-electron chi connectivity index (χ2n) is 7.53. The number of phenolic OH excluding ortho intramolecular Hbond substituents is 1. The summed E-state index contributed by atoms with van der Waals surface area (Å²) in [7, 11) is 0. The Labute approximate surface area is 172 Å². The Bertz CT molecular complexity index is 1110. The molecule has 2 heteroatoms. The minimum atomic E-state index is 0.298. The Hall–Kier alpha value is -3.13. The summed E-state index contributed by atoms with van der Waals surface area (Å²) in [6, 6.07) is 24.9. The fourth-order valence-corrected chi connectivity index (χ4v) is 3.96. The number of aliphatic imine (C=N–C) groups is 1. The van der Waals surface area contributed by atoms with Crippen molar-refractivity contribution in [3.8, 4) is 16.9 Å². The van der Waals surface area contributed by atoms with Crippen molar-refractivity contribution in [2.45, 2.75) is 32.6 Å². The highest BCUT2D eigenvalue weighted by molar-refractivity contribution is 6.14. The van der Waals surface area contributed by atoms with E-state index in [1.165, 1.54) is 30.0 Å². The number of para-hydroxylation sites is 1. The summed E-state index contributed by atoms with van der Waals surface area (Å²) in [5, 5.41) is 15.8. The third-order valence-electron chi connectivity index (χ3n) is 5.48. The van der Waals surface area contributed by atoms with Gasteiger partial charge in [-0.2, -0.15) is 0 Å². The molecule has 4 aromatic carbocycles. The van der Waals surface area contributed by atoms with Gasteiger partial charge in [-0.15, -0.1) is 0 Å². The van der Waals surface area contributed by atoms with Gasteiger partial charge in [-0.1, -0.05) is 86.8 Å². The van der Waals surface area contributed by atoms with Crippen LogP contribution < -0.4 is 0 Å². The summed E-state index contributed by atoms with van der Waals surface area (Å²) >= 11 is 0. The molecule has 0 bridgehead atoms. The molecular weight excluding hydrogens is 354 g/mol. The molecule has 1 N–H and O–H groups in total. The van der Waals surface area contributed by atoms with Crippen molar-refractivity contribution in [2.75, 3.05) is 6.54 Å². The molecule has 0 aromatic heterocycles. The summed E-state index contributed by atoms with van der Waals surface area (Å²) in [4.78, 5) is 4.55. The predicted molar refractivity (Wildman–Crippen MR) is 125 cm³/mol. The third kappa shape index (κ3) is 4.02. The van der Waals surface area contributed by atoms with E-state index in [-0.39, 0.29) is 0 Å². The molecule has 0 aliphatic carbocycles. The molecule has 0 aliphatic heterocycles. The average Bonchev–Trinajstić information content (AvgIpc) is 2.76. The average molecular weight is 382 g/mol. The number of hydrogen-bond acceptors (Lipinski definition) is 2. The van der Waals surface area contributed by atoms with Gasteiger partial charge in [-0.3, -0.25) is 4.99 Å². The van der Waals surface area contributed by atoms with Crippen LogP contribution in [-0.4, -0.2) is 17.9 Å². The summed E-state index contributed by atoms with van der Waals surface area (Å²) in [6.45, 7) is 3.02. The first-order valence-corrected chi connectivity index (χ1v) is 10.5. The summed E-state index contributed by atoms with van der Waals surface area (Å²) in [5.41, 5.74) is 2.71. The fraction of sp³-hybridized carbons (Fsp3) is 0.222. The zero-order valence-corrected chi connectivity index (χ0v) is 16.9. The van der Waals surface area contributed by atoms with E-state index in [9.17, 15) is 5.11 Å². The zero-order valence-electron chi connectivity index (χ0n) is 16.9. The Morgan fingerprint density at radius 2 is 1.48 bits per heavy atom. The van der Waals surface area contributed by atoms with Gasteiger partial charge in [0, 0.05) is 29.4 Å². The van der Waals surface area contributed by atoms with E-state index in [1.54, 1.807) is 0 Å². The van der Waals surface area contributed by atoms with E-state index in [4.69, 9.17) is 0 Å². The van der Waals surface area contributed by atoms with Crippen LogP contribution in [0.2, 0.25) is 0 Å². The Kier molecular flexibility index (Phi) is 5.90. The van der Waals surface area contributed by atoms with Crippen molar-refractivity contribution in [3.63, 3.8) is 0 Å². The molecule has 29 heavy (non-hydrogen) atoms. The van der Waals surface area contributed by atoms with E-state index in [2.05, 4.69) is 66.5 Å². The van der Waals surface area contributed by atoms with Gasteiger partial charge < -0.3 is 5.11 Å². The molecule has 0 amide bonds. The van der Waals surface area contributed by atoms with Crippen molar-refractivity contribution in [2.24, 2.45) is 4.99 Å². The highest BCUT2D eigenvalue weighted by Crippen LogP contribution is 2.41. The quantitative estimate of drug-likeness (QED) is 0.202. The van der Waals surface area contributed by atoms with Gasteiger partial charge >= 0.3 is 0 Å². The Morgan fingerprint density at radius 3 is 2.17 bits per heavy atom. The molecule has 0 aliphatic rings. The molecule has 0 fully saturated rings. The smallest absolute Gasteiger partial charge is 0.132 e. The first-order valence-electron chi connectivity index (χ1n) is 10.5. The van der Waals surface area contributed by atoms with Crippen LogP contribution in [0.3, 0.4) is 0 Å². The molecule has 0 radical (unpaired) electrons. The lowest BCUT2D eigenvalue weighted by Gasteiger charge is -2.14. The SMILES string of the molecule is CCCCCCN=Cc1cccc(-c2c3ccccc3cc3ccccc23)c1O.